The number of nitrogens with one attached hydrogen (secondary N) is 2. The number of rotatable bonds is 4. The van der Waals surface area contributed by atoms with Crippen LogP contribution in [0.5, 0.6) is 0 Å². The molecule has 7 heteroatoms. The second-order valence-corrected chi connectivity index (χ2v) is 7.58. The molecular weight excluding hydrogens is 366 g/mol. The van der Waals surface area contributed by atoms with Gasteiger partial charge in [-0.2, -0.15) is 0 Å². The molecule has 29 heavy (non-hydrogen) atoms. The van der Waals surface area contributed by atoms with Gasteiger partial charge < -0.3 is 15.5 Å². The molecular formula is C22H27N5O2. The van der Waals surface area contributed by atoms with Crippen molar-refractivity contribution in [3.63, 3.8) is 0 Å². The van der Waals surface area contributed by atoms with Gasteiger partial charge in [0.15, 0.2) is 0 Å². The number of urea groups is 1. The van der Waals surface area contributed by atoms with Crippen LogP contribution in [0.4, 0.5) is 21.9 Å². The van der Waals surface area contributed by atoms with Gasteiger partial charge >= 0.3 is 11.7 Å². The van der Waals surface area contributed by atoms with Crippen molar-refractivity contribution in [2.45, 2.75) is 26.2 Å². The number of benzene rings is 2. The minimum Gasteiger partial charge on any atom is -0.370 e. The average Bonchev–Trinajstić information content (AvgIpc) is 3.32. The molecule has 1 saturated heterocycles. The highest BCUT2D eigenvalue weighted by atomic mass is 16.2. The quantitative estimate of drug-likeness (QED) is 0.710. The van der Waals surface area contributed by atoms with Crippen molar-refractivity contribution < 1.29 is 4.79 Å². The van der Waals surface area contributed by atoms with E-state index in [1.165, 1.54) is 5.56 Å². The first-order valence-corrected chi connectivity index (χ1v) is 10.1. The molecule has 0 saturated carbocycles. The van der Waals surface area contributed by atoms with E-state index < -0.39 is 0 Å². The van der Waals surface area contributed by atoms with Crippen LogP contribution in [0.15, 0.2) is 41.2 Å². The number of aromatic nitrogens is 2. The molecule has 0 atom stereocenters. The van der Waals surface area contributed by atoms with Gasteiger partial charge in [0.1, 0.15) is 0 Å². The van der Waals surface area contributed by atoms with Gasteiger partial charge in [-0.25, -0.2) is 9.59 Å². The third-order valence-electron chi connectivity index (χ3n) is 5.70. The number of hydrogen-bond donors (Lipinski definition) is 2. The van der Waals surface area contributed by atoms with Gasteiger partial charge in [-0.15, -0.1) is 0 Å². The number of nitrogens with zero attached hydrogens (tertiary/aromatic N) is 3. The lowest BCUT2D eigenvalue weighted by molar-refractivity contribution is 0.262. The van der Waals surface area contributed by atoms with Gasteiger partial charge in [0.05, 0.1) is 22.4 Å². The Labute approximate surface area is 169 Å². The largest absolute Gasteiger partial charge is 0.370 e. The molecule has 2 N–H and O–H groups in total. The molecule has 0 radical (unpaired) electrons. The molecule has 2 heterocycles. The zero-order valence-electron chi connectivity index (χ0n) is 17.2. The predicted molar refractivity (Wildman–Crippen MR) is 118 cm³/mol. The Hall–Kier alpha value is -3.22. The van der Waals surface area contributed by atoms with Crippen molar-refractivity contribution in [2.24, 2.45) is 14.1 Å². The Morgan fingerprint density at radius 2 is 1.59 bits per heavy atom. The summed E-state index contributed by atoms with van der Waals surface area (Å²) >= 11 is 0. The molecule has 2 amide bonds. The molecule has 1 aliphatic heterocycles. The Kier molecular flexibility index (Phi) is 5.05. The van der Waals surface area contributed by atoms with Crippen LogP contribution in [0.25, 0.3) is 11.0 Å². The van der Waals surface area contributed by atoms with Gasteiger partial charge in [0, 0.05) is 32.9 Å². The Bertz CT molecular complexity index is 1100. The third-order valence-corrected chi connectivity index (χ3v) is 5.70. The summed E-state index contributed by atoms with van der Waals surface area (Å²) in [6.07, 6.45) is 3.21. The van der Waals surface area contributed by atoms with Crippen LogP contribution in [-0.4, -0.2) is 28.3 Å². The van der Waals surface area contributed by atoms with Crippen LogP contribution < -0.4 is 21.2 Å². The summed E-state index contributed by atoms with van der Waals surface area (Å²) in [5, 5.41) is 5.89. The third kappa shape index (κ3) is 3.60. The first-order chi connectivity index (χ1) is 14.0. The lowest BCUT2D eigenvalue weighted by atomic mass is 10.1. The number of aryl methyl sites for hydroxylation is 3. The first kappa shape index (κ1) is 19.1. The maximum absolute atomic E-state index is 12.7. The van der Waals surface area contributed by atoms with Crippen LogP contribution in [0.1, 0.15) is 25.3 Å². The Balaban J connectivity index is 1.67. The van der Waals surface area contributed by atoms with Gasteiger partial charge in [-0.3, -0.25) is 9.13 Å². The van der Waals surface area contributed by atoms with Crippen molar-refractivity contribution in [2.75, 3.05) is 28.6 Å². The molecule has 4 rings (SSSR count). The number of anilines is 3. The van der Waals surface area contributed by atoms with Crippen LogP contribution in [0.2, 0.25) is 0 Å². The topological polar surface area (TPSA) is 71.3 Å². The highest BCUT2D eigenvalue weighted by Crippen LogP contribution is 2.33. The Morgan fingerprint density at radius 1 is 0.966 bits per heavy atom. The zero-order chi connectivity index (χ0) is 20.5. The predicted octanol–water partition coefficient (Wildman–Crippen LogP) is 3.68. The smallest absolute Gasteiger partial charge is 0.328 e. The fraction of sp³-hybridized carbons (Fsp3) is 0.364. The van der Waals surface area contributed by atoms with Gasteiger partial charge in [-0.1, -0.05) is 19.1 Å². The molecule has 0 unspecified atom stereocenters. The monoisotopic (exact) mass is 393 g/mol. The molecule has 0 spiro atoms. The van der Waals surface area contributed by atoms with Crippen molar-refractivity contribution in [1.29, 1.82) is 0 Å². The maximum atomic E-state index is 12.7. The number of carbonyl (C=O) groups excluding carboxylic acids is 1. The highest BCUT2D eigenvalue weighted by Gasteiger charge is 2.20. The maximum Gasteiger partial charge on any atom is 0.328 e. The fourth-order valence-corrected chi connectivity index (χ4v) is 3.96. The lowest BCUT2D eigenvalue weighted by Crippen LogP contribution is -2.24. The molecule has 3 aromatic rings. The number of amides is 2. The van der Waals surface area contributed by atoms with E-state index in [0.29, 0.717) is 5.69 Å². The molecule has 2 aromatic carbocycles. The summed E-state index contributed by atoms with van der Waals surface area (Å²) in [5.74, 6) is 0. The molecule has 1 aliphatic rings. The second-order valence-electron chi connectivity index (χ2n) is 7.58. The number of carbonyl (C=O) groups is 1. The number of fused-ring (bicyclic) bond motifs is 1. The molecule has 0 aliphatic carbocycles. The molecule has 0 bridgehead atoms. The Morgan fingerprint density at radius 3 is 2.21 bits per heavy atom. The lowest BCUT2D eigenvalue weighted by Gasteiger charge is -2.22. The van der Waals surface area contributed by atoms with E-state index in [-0.39, 0.29) is 11.7 Å². The number of hydrogen-bond acceptors (Lipinski definition) is 3. The fourth-order valence-electron chi connectivity index (χ4n) is 3.96. The second kappa shape index (κ2) is 7.66. The van der Waals surface area contributed by atoms with Crippen molar-refractivity contribution in [1.82, 2.24) is 9.13 Å². The summed E-state index contributed by atoms with van der Waals surface area (Å²) in [6, 6.07) is 11.4. The van der Waals surface area contributed by atoms with E-state index in [2.05, 4.69) is 22.5 Å². The number of imidazole rings is 1. The van der Waals surface area contributed by atoms with Crippen molar-refractivity contribution in [3.8, 4) is 0 Å². The standard InChI is InChI=1S/C22H27N5O2/c1-4-15-7-9-16(10-8-15)23-21(28)24-17-13-19-20(26(3)22(29)25(19)2)14-18(17)27-11-5-6-12-27/h7-10,13-14H,4-6,11-12H2,1-3H3,(H2,23,24,28). The first-order valence-electron chi connectivity index (χ1n) is 10.1. The minimum atomic E-state index is -0.296. The highest BCUT2D eigenvalue weighted by molar-refractivity contribution is 6.04. The zero-order valence-corrected chi connectivity index (χ0v) is 17.2. The van der Waals surface area contributed by atoms with Gasteiger partial charge in [0.25, 0.3) is 0 Å². The van der Waals surface area contributed by atoms with E-state index in [9.17, 15) is 9.59 Å². The van der Waals surface area contributed by atoms with E-state index in [0.717, 1.165) is 54.8 Å². The summed E-state index contributed by atoms with van der Waals surface area (Å²) in [4.78, 5) is 27.3. The van der Waals surface area contributed by atoms with Gasteiger partial charge in [0.2, 0.25) is 0 Å². The summed E-state index contributed by atoms with van der Waals surface area (Å²) in [7, 11) is 3.53. The van der Waals surface area contributed by atoms with E-state index in [4.69, 9.17) is 0 Å². The van der Waals surface area contributed by atoms with Gasteiger partial charge in [-0.05, 0) is 49.1 Å². The summed E-state index contributed by atoms with van der Waals surface area (Å²) < 4.78 is 3.25. The van der Waals surface area contributed by atoms with E-state index in [1.807, 2.05) is 36.4 Å². The average molecular weight is 393 g/mol. The normalized spacial score (nSPS) is 13.8. The van der Waals surface area contributed by atoms with Crippen LogP contribution in [-0.2, 0) is 20.5 Å². The molecule has 152 valence electrons. The van der Waals surface area contributed by atoms with E-state index in [1.54, 1.807) is 23.2 Å². The SMILES string of the molecule is CCc1ccc(NC(=O)Nc2cc3c(cc2N2CCCC2)n(C)c(=O)n3C)cc1. The minimum absolute atomic E-state index is 0.0787. The van der Waals surface area contributed by atoms with Crippen LogP contribution >= 0.6 is 0 Å². The van der Waals surface area contributed by atoms with Crippen LogP contribution in [0, 0.1) is 0 Å². The molecule has 1 aromatic heterocycles. The van der Waals surface area contributed by atoms with Crippen LogP contribution in [0.3, 0.4) is 0 Å². The van der Waals surface area contributed by atoms with E-state index >= 15 is 0 Å². The molecule has 7 nitrogen and oxygen atoms in total. The summed E-state index contributed by atoms with van der Waals surface area (Å²) in [6.45, 7) is 3.99. The summed E-state index contributed by atoms with van der Waals surface area (Å²) in [5.41, 5.74) is 5.21. The van der Waals surface area contributed by atoms with Crippen molar-refractivity contribution in [3.05, 3.63) is 52.4 Å². The van der Waals surface area contributed by atoms with Crippen molar-refractivity contribution >= 4 is 34.1 Å². The molecule has 1 fully saturated rings.